The number of carbonyl (C=O) groups is 1. The van der Waals surface area contributed by atoms with Gasteiger partial charge >= 0.3 is 0 Å². The summed E-state index contributed by atoms with van der Waals surface area (Å²) in [6.07, 6.45) is 4.00. The molecule has 2 heterocycles. The van der Waals surface area contributed by atoms with Crippen molar-refractivity contribution in [3.05, 3.63) is 81.7 Å². The number of aliphatic hydroxyl groups excluding tert-OH is 1. The van der Waals surface area contributed by atoms with Gasteiger partial charge in [0, 0.05) is 23.8 Å². The number of aryl methyl sites for hydroxylation is 1. The third-order valence-corrected chi connectivity index (χ3v) is 6.36. The molecule has 164 valence electrons. The van der Waals surface area contributed by atoms with E-state index >= 15 is 0 Å². The Labute approximate surface area is 190 Å². The summed E-state index contributed by atoms with van der Waals surface area (Å²) in [5, 5.41) is 10.7. The minimum Gasteiger partial charge on any atom is -0.472 e. The van der Waals surface area contributed by atoms with Crippen molar-refractivity contribution in [3.63, 3.8) is 0 Å². The third-order valence-electron chi connectivity index (χ3n) is 6.11. The zero-order valence-corrected chi connectivity index (χ0v) is 18.2. The van der Waals surface area contributed by atoms with Crippen molar-refractivity contribution >= 4 is 23.2 Å². The fraction of sp³-hybridized carbons (Fsp3) is 0.280. The Hall–Kier alpha value is -3.09. The van der Waals surface area contributed by atoms with Crippen molar-refractivity contribution in [2.24, 2.45) is 5.92 Å². The average Bonchev–Trinajstić information content (AvgIpc) is 3.64. The summed E-state index contributed by atoms with van der Waals surface area (Å²) in [5.74, 6) is 0.685. The molecule has 1 aromatic heterocycles. The van der Waals surface area contributed by atoms with Gasteiger partial charge in [0.2, 0.25) is 0 Å². The van der Waals surface area contributed by atoms with E-state index in [0.717, 1.165) is 24.0 Å². The number of aliphatic hydroxyl groups is 1. The Balaban J connectivity index is 1.33. The van der Waals surface area contributed by atoms with Crippen LogP contribution in [-0.2, 0) is 6.54 Å². The molecule has 1 saturated carbocycles. The monoisotopic (exact) mass is 450 g/mol. The predicted molar refractivity (Wildman–Crippen MR) is 123 cm³/mol. The van der Waals surface area contributed by atoms with Gasteiger partial charge in [0.25, 0.3) is 11.5 Å². The van der Waals surface area contributed by atoms with Gasteiger partial charge in [-0.2, -0.15) is 0 Å². The fourth-order valence-electron chi connectivity index (χ4n) is 4.01. The summed E-state index contributed by atoms with van der Waals surface area (Å²) in [4.78, 5) is 27.1. The molecule has 1 atom stereocenters. The molecule has 1 N–H and O–H groups in total. The third kappa shape index (κ3) is 4.16. The van der Waals surface area contributed by atoms with Crippen molar-refractivity contribution in [1.82, 2.24) is 4.57 Å². The van der Waals surface area contributed by atoms with Crippen molar-refractivity contribution < 1.29 is 14.6 Å². The van der Waals surface area contributed by atoms with E-state index in [0.29, 0.717) is 40.9 Å². The first kappa shape index (κ1) is 20.8. The number of carbonyl (C=O) groups excluding carboxylic acids is 1. The molecule has 32 heavy (non-hydrogen) atoms. The molecule has 3 aromatic rings. The molecular weight excluding hydrogens is 428 g/mol. The lowest BCUT2D eigenvalue weighted by Gasteiger charge is -2.29. The standard InChI is InChI=1S/C25H23ClN2O4/c26-19-6-3-16(4-7-19)18-5-8-21-23(13-18)32-15-28(25(21)31)20-9-11-27(24(30)14-20)12-10-22(29)17-1-2-17/h3-9,11,13-14,17,22,29H,1-2,10,12,15H2. The molecule has 2 aromatic carbocycles. The lowest BCUT2D eigenvalue weighted by atomic mass is 10.0. The fourth-order valence-corrected chi connectivity index (χ4v) is 4.13. The highest BCUT2D eigenvalue weighted by atomic mass is 35.5. The van der Waals surface area contributed by atoms with Crippen LogP contribution in [-0.4, -0.2) is 28.4 Å². The second-order valence-corrected chi connectivity index (χ2v) is 8.77. The summed E-state index contributed by atoms with van der Waals surface area (Å²) >= 11 is 5.97. The van der Waals surface area contributed by atoms with Crippen LogP contribution in [0.1, 0.15) is 29.6 Å². The maximum atomic E-state index is 13.1. The number of fused-ring (bicyclic) bond motifs is 1. The van der Waals surface area contributed by atoms with Gasteiger partial charge < -0.3 is 14.4 Å². The second-order valence-electron chi connectivity index (χ2n) is 8.33. The van der Waals surface area contributed by atoms with Crippen molar-refractivity contribution in [3.8, 4) is 16.9 Å². The van der Waals surface area contributed by atoms with E-state index in [2.05, 4.69) is 0 Å². The first-order valence-corrected chi connectivity index (χ1v) is 11.1. The van der Waals surface area contributed by atoms with Gasteiger partial charge in [-0.25, -0.2) is 0 Å². The van der Waals surface area contributed by atoms with Crippen LogP contribution in [0.15, 0.2) is 65.6 Å². The molecule has 0 spiro atoms. The van der Waals surface area contributed by atoms with Crippen LogP contribution in [0.5, 0.6) is 5.75 Å². The second kappa shape index (κ2) is 8.45. The lowest BCUT2D eigenvalue weighted by Crippen LogP contribution is -2.39. The number of halogens is 1. The van der Waals surface area contributed by atoms with Gasteiger partial charge in [-0.05, 0) is 66.6 Å². The summed E-state index contributed by atoms with van der Waals surface area (Å²) in [5.41, 5.74) is 2.64. The molecule has 1 aliphatic carbocycles. The molecular formula is C25H23ClN2O4. The van der Waals surface area contributed by atoms with E-state index in [1.807, 2.05) is 36.4 Å². The average molecular weight is 451 g/mol. The Bertz CT molecular complexity index is 1220. The van der Waals surface area contributed by atoms with Gasteiger partial charge in [0.05, 0.1) is 17.4 Å². The number of pyridine rings is 1. The first-order chi connectivity index (χ1) is 15.5. The Morgan fingerprint density at radius 2 is 1.78 bits per heavy atom. The van der Waals surface area contributed by atoms with Crippen LogP contribution in [0.4, 0.5) is 5.69 Å². The maximum absolute atomic E-state index is 13.1. The Morgan fingerprint density at radius 1 is 1.03 bits per heavy atom. The molecule has 6 nitrogen and oxygen atoms in total. The number of nitrogens with zero attached hydrogens (tertiary/aromatic N) is 2. The van der Waals surface area contributed by atoms with E-state index in [4.69, 9.17) is 16.3 Å². The van der Waals surface area contributed by atoms with Gasteiger partial charge in [0.1, 0.15) is 5.75 Å². The van der Waals surface area contributed by atoms with Crippen LogP contribution < -0.4 is 15.2 Å². The number of benzene rings is 2. The van der Waals surface area contributed by atoms with Crippen molar-refractivity contribution in [2.75, 3.05) is 11.6 Å². The Kier molecular flexibility index (Phi) is 5.49. The summed E-state index contributed by atoms with van der Waals surface area (Å²) < 4.78 is 7.43. The lowest BCUT2D eigenvalue weighted by molar-refractivity contribution is 0.0937. The number of amides is 1. The number of ether oxygens (including phenoxy) is 1. The SMILES string of the molecule is O=C1c2ccc(-c3ccc(Cl)cc3)cc2OCN1c1ccn(CCC(O)C2CC2)c(=O)c1. The van der Waals surface area contributed by atoms with Gasteiger partial charge in [-0.3, -0.25) is 14.5 Å². The van der Waals surface area contributed by atoms with Crippen LogP contribution in [0, 0.1) is 5.92 Å². The molecule has 1 aliphatic heterocycles. The highest BCUT2D eigenvalue weighted by Crippen LogP contribution is 2.34. The molecule has 1 fully saturated rings. The smallest absolute Gasteiger partial charge is 0.264 e. The summed E-state index contributed by atoms with van der Waals surface area (Å²) in [7, 11) is 0. The normalized spacial score (nSPS) is 16.4. The van der Waals surface area contributed by atoms with Crippen LogP contribution in [0.25, 0.3) is 11.1 Å². The van der Waals surface area contributed by atoms with E-state index in [1.165, 1.54) is 11.0 Å². The van der Waals surface area contributed by atoms with Crippen LogP contribution in [0.3, 0.4) is 0 Å². The molecule has 0 radical (unpaired) electrons. The molecule has 5 rings (SSSR count). The highest BCUT2D eigenvalue weighted by Gasteiger charge is 2.30. The highest BCUT2D eigenvalue weighted by molar-refractivity contribution is 6.30. The van der Waals surface area contributed by atoms with E-state index in [1.54, 1.807) is 22.9 Å². The minimum atomic E-state index is -0.354. The summed E-state index contributed by atoms with van der Waals surface area (Å²) in [6, 6.07) is 16.1. The van der Waals surface area contributed by atoms with Gasteiger partial charge in [0.15, 0.2) is 6.73 Å². The molecule has 1 unspecified atom stereocenters. The predicted octanol–water partition coefficient (Wildman–Crippen LogP) is 4.33. The van der Waals surface area contributed by atoms with Crippen molar-refractivity contribution in [2.45, 2.75) is 31.9 Å². The Morgan fingerprint density at radius 3 is 2.50 bits per heavy atom. The quantitative estimate of drug-likeness (QED) is 0.607. The van der Waals surface area contributed by atoms with E-state index in [9.17, 15) is 14.7 Å². The van der Waals surface area contributed by atoms with Gasteiger partial charge in [-0.1, -0.05) is 29.8 Å². The number of anilines is 1. The van der Waals surface area contributed by atoms with Crippen molar-refractivity contribution in [1.29, 1.82) is 0 Å². The van der Waals surface area contributed by atoms with E-state index < -0.39 is 0 Å². The molecule has 0 bridgehead atoms. The molecule has 1 amide bonds. The van der Waals surface area contributed by atoms with Gasteiger partial charge in [-0.15, -0.1) is 0 Å². The topological polar surface area (TPSA) is 71.8 Å². The molecule has 0 saturated heterocycles. The summed E-state index contributed by atoms with van der Waals surface area (Å²) in [6.45, 7) is 0.483. The first-order valence-electron chi connectivity index (χ1n) is 10.7. The molecule has 7 heteroatoms. The van der Waals surface area contributed by atoms with Crippen LogP contribution in [0.2, 0.25) is 5.02 Å². The number of hydrogen-bond donors (Lipinski definition) is 1. The van der Waals surface area contributed by atoms with Crippen LogP contribution >= 0.6 is 11.6 Å². The largest absolute Gasteiger partial charge is 0.472 e. The number of aromatic nitrogens is 1. The minimum absolute atomic E-state index is 0.0275. The molecule has 2 aliphatic rings. The zero-order chi connectivity index (χ0) is 22.2. The maximum Gasteiger partial charge on any atom is 0.264 e. The number of hydrogen-bond acceptors (Lipinski definition) is 4. The number of rotatable bonds is 6. The zero-order valence-electron chi connectivity index (χ0n) is 17.4. The van der Waals surface area contributed by atoms with E-state index in [-0.39, 0.29) is 24.3 Å².